The number of aromatic nitrogens is 3. The highest BCUT2D eigenvalue weighted by molar-refractivity contribution is 5.90. The lowest BCUT2D eigenvalue weighted by Gasteiger charge is -2.10. The molecule has 114 valence electrons. The summed E-state index contributed by atoms with van der Waals surface area (Å²) in [5.74, 6) is 1.82. The van der Waals surface area contributed by atoms with Crippen LogP contribution in [-0.2, 0) is 24.2 Å². The van der Waals surface area contributed by atoms with Gasteiger partial charge in [0.05, 0.1) is 0 Å². The first-order valence-electron chi connectivity index (χ1n) is 7.47. The van der Waals surface area contributed by atoms with E-state index in [1.54, 1.807) is 0 Å². The van der Waals surface area contributed by atoms with Crippen molar-refractivity contribution in [3.05, 3.63) is 11.6 Å². The number of rotatable bonds is 4. The lowest BCUT2D eigenvalue weighted by atomic mass is 10.2. The molecular weight excluding hydrogens is 272 g/mol. The minimum Gasteiger partial charge on any atom is -0.354 e. The second-order valence-electron chi connectivity index (χ2n) is 5.44. The van der Waals surface area contributed by atoms with Crippen LogP contribution in [0, 0.1) is 0 Å². The molecule has 3 N–H and O–H groups in total. The fourth-order valence-corrected chi connectivity index (χ4v) is 2.76. The van der Waals surface area contributed by atoms with Gasteiger partial charge in [0.15, 0.2) is 0 Å². The molecule has 0 spiro atoms. The fraction of sp³-hybridized carbons (Fsp3) is 0.692. The number of aryl methyl sites for hydroxylation is 1. The van der Waals surface area contributed by atoms with Crippen LogP contribution in [0.25, 0.3) is 0 Å². The van der Waals surface area contributed by atoms with Gasteiger partial charge in [0.1, 0.15) is 17.7 Å². The van der Waals surface area contributed by atoms with Gasteiger partial charge in [0, 0.05) is 32.5 Å². The van der Waals surface area contributed by atoms with Crippen LogP contribution in [0.5, 0.6) is 0 Å². The topological polar surface area (TPSA) is 101 Å². The Balaban J connectivity index is 1.50. The van der Waals surface area contributed by atoms with Crippen molar-refractivity contribution < 1.29 is 9.59 Å². The maximum atomic E-state index is 11.9. The third-order valence-corrected chi connectivity index (χ3v) is 3.92. The first kappa shape index (κ1) is 13.8. The van der Waals surface area contributed by atoms with Crippen molar-refractivity contribution in [3.8, 4) is 0 Å². The molecule has 8 nitrogen and oxygen atoms in total. The Morgan fingerprint density at radius 2 is 2.24 bits per heavy atom. The van der Waals surface area contributed by atoms with Gasteiger partial charge in [0.25, 0.3) is 0 Å². The molecule has 1 fully saturated rings. The molecule has 8 heteroatoms. The molecular formula is C13H20N6O2. The SMILES string of the molecule is O=C1NC[C@@H](C(=O)NCCc2nnc3n2CCCCC3)N1. The fourth-order valence-electron chi connectivity index (χ4n) is 2.76. The molecule has 0 unspecified atom stereocenters. The van der Waals surface area contributed by atoms with Gasteiger partial charge in [-0.15, -0.1) is 10.2 Å². The summed E-state index contributed by atoms with van der Waals surface area (Å²) in [5.41, 5.74) is 0. The minimum atomic E-state index is -0.479. The predicted octanol–water partition coefficient (Wildman–Crippen LogP) is -0.655. The number of amides is 3. The molecule has 2 aliphatic heterocycles. The predicted molar refractivity (Wildman–Crippen MR) is 74.6 cm³/mol. The highest BCUT2D eigenvalue weighted by Crippen LogP contribution is 2.14. The molecule has 0 radical (unpaired) electrons. The molecule has 1 aromatic heterocycles. The first-order chi connectivity index (χ1) is 10.2. The van der Waals surface area contributed by atoms with Gasteiger partial charge < -0.3 is 20.5 Å². The van der Waals surface area contributed by atoms with Crippen LogP contribution in [-0.4, -0.2) is 45.8 Å². The molecule has 1 aromatic rings. The van der Waals surface area contributed by atoms with Crippen molar-refractivity contribution in [2.24, 2.45) is 0 Å². The summed E-state index contributed by atoms with van der Waals surface area (Å²) in [5, 5.41) is 16.4. The molecule has 1 atom stereocenters. The van der Waals surface area contributed by atoms with Gasteiger partial charge >= 0.3 is 6.03 Å². The van der Waals surface area contributed by atoms with Crippen LogP contribution in [0.15, 0.2) is 0 Å². The van der Waals surface area contributed by atoms with E-state index in [0.29, 0.717) is 19.5 Å². The Hall–Kier alpha value is -2.12. The lowest BCUT2D eigenvalue weighted by Crippen LogP contribution is -2.43. The molecule has 2 aliphatic rings. The Kier molecular flexibility index (Phi) is 4.03. The van der Waals surface area contributed by atoms with E-state index in [9.17, 15) is 9.59 Å². The van der Waals surface area contributed by atoms with E-state index in [1.807, 2.05) is 0 Å². The number of nitrogens with one attached hydrogen (secondary N) is 3. The maximum Gasteiger partial charge on any atom is 0.315 e. The number of fused-ring (bicyclic) bond motifs is 1. The maximum absolute atomic E-state index is 11.9. The van der Waals surface area contributed by atoms with Crippen LogP contribution in [0.4, 0.5) is 4.79 Å². The number of hydrogen-bond acceptors (Lipinski definition) is 4. The largest absolute Gasteiger partial charge is 0.354 e. The molecule has 0 aliphatic carbocycles. The number of hydrogen-bond donors (Lipinski definition) is 3. The molecule has 3 amide bonds. The van der Waals surface area contributed by atoms with E-state index in [1.165, 1.54) is 12.8 Å². The van der Waals surface area contributed by atoms with Crippen LogP contribution >= 0.6 is 0 Å². The lowest BCUT2D eigenvalue weighted by molar-refractivity contribution is -0.122. The van der Waals surface area contributed by atoms with Gasteiger partial charge in [-0.3, -0.25) is 4.79 Å². The van der Waals surface area contributed by atoms with E-state index < -0.39 is 6.04 Å². The highest BCUT2D eigenvalue weighted by Gasteiger charge is 2.26. The average Bonchev–Trinajstić information content (AvgIpc) is 2.99. The normalized spacial score (nSPS) is 21.1. The number of carbonyl (C=O) groups is 2. The molecule has 3 heterocycles. The van der Waals surface area contributed by atoms with E-state index in [-0.39, 0.29) is 11.9 Å². The third-order valence-electron chi connectivity index (χ3n) is 3.92. The summed E-state index contributed by atoms with van der Waals surface area (Å²) in [4.78, 5) is 22.8. The van der Waals surface area contributed by atoms with Gasteiger partial charge in [-0.1, -0.05) is 6.42 Å². The summed E-state index contributed by atoms with van der Waals surface area (Å²) in [6, 6.07) is -0.772. The number of urea groups is 1. The molecule has 0 aromatic carbocycles. The molecule has 3 rings (SSSR count). The van der Waals surface area contributed by atoms with Crippen LogP contribution in [0.2, 0.25) is 0 Å². The van der Waals surface area contributed by atoms with Crippen molar-refractivity contribution in [2.45, 2.75) is 44.7 Å². The number of nitrogens with zero attached hydrogens (tertiary/aromatic N) is 3. The van der Waals surface area contributed by atoms with Crippen molar-refractivity contribution in [1.82, 2.24) is 30.7 Å². The zero-order chi connectivity index (χ0) is 14.7. The summed E-state index contributed by atoms with van der Waals surface area (Å²) in [6.45, 7) is 1.81. The van der Waals surface area contributed by atoms with E-state index in [2.05, 4.69) is 30.7 Å². The van der Waals surface area contributed by atoms with E-state index in [4.69, 9.17) is 0 Å². The molecule has 1 saturated heterocycles. The van der Waals surface area contributed by atoms with E-state index in [0.717, 1.165) is 31.0 Å². The molecule has 0 bridgehead atoms. The van der Waals surface area contributed by atoms with Crippen LogP contribution < -0.4 is 16.0 Å². The first-order valence-corrected chi connectivity index (χ1v) is 7.47. The van der Waals surface area contributed by atoms with Gasteiger partial charge in [-0.25, -0.2) is 4.79 Å². The molecule has 21 heavy (non-hydrogen) atoms. The van der Waals surface area contributed by atoms with Crippen LogP contribution in [0.3, 0.4) is 0 Å². The molecule has 0 saturated carbocycles. The second-order valence-corrected chi connectivity index (χ2v) is 5.44. The van der Waals surface area contributed by atoms with E-state index >= 15 is 0 Å². The van der Waals surface area contributed by atoms with Crippen LogP contribution in [0.1, 0.15) is 30.9 Å². The Bertz CT molecular complexity index is 541. The summed E-state index contributed by atoms with van der Waals surface area (Å²) in [7, 11) is 0. The quantitative estimate of drug-likeness (QED) is 0.686. The Morgan fingerprint density at radius 3 is 3.05 bits per heavy atom. The highest BCUT2D eigenvalue weighted by atomic mass is 16.2. The van der Waals surface area contributed by atoms with Gasteiger partial charge in [0.2, 0.25) is 5.91 Å². The van der Waals surface area contributed by atoms with Crippen molar-refractivity contribution >= 4 is 11.9 Å². The monoisotopic (exact) mass is 292 g/mol. The smallest absolute Gasteiger partial charge is 0.315 e. The second kappa shape index (κ2) is 6.11. The van der Waals surface area contributed by atoms with Crippen molar-refractivity contribution in [1.29, 1.82) is 0 Å². The minimum absolute atomic E-state index is 0.163. The number of carbonyl (C=O) groups excluding carboxylic acids is 2. The Labute approximate surface area is 122 Å². The summed E-state index contributed by atoms with van der Waals surface area (Å²) < 4.78 is 2.18. The zero-order valence-corrected chi connectivity index (χ0v) is 11.9. The third kappa shape index (κ3) is 3.14. The average molecular weight is 292 g/mol. The zero-order valence-electron chi connectivity index (χ0n) is 11.9. The van der Waals surface area contributed by atoms with Gasteiger partial charge in [-0.2, -0.15) is 0 Å². The van der Waals surface area contributed by atoms with Gasteiger partial charge in [-0.05, 0) is 12.8 Å². The van der Waals surface area contributed by atoms with Crippen molar-refractivity contribution in [2.75, 3.05) is 13.1 Å². The van der Waals surface area contributed by atoms with Crippen molar-refractivity contribution in [3.63, 3.8) is 0 Å². The standard InChI is InChI=1S/C13H20N6O2/c20-12(9-8-15-13(21)16-9)14-6-5-11-18-17-10-4-2-1-3-7-19(10)11/h9H,1-8H2,(H,14,20)(H2,15,16,21)/t9-/m0/s1. The summed E-state index contributed by atoms with van der Waals surface area (Å²) in [6.07, 6.45) is 5.20. The summed E-state index contributed by atoms with van der Waals surface area (Å²) >= 11 is 0. The Morgan fingerprint density at radius 1 is 1.33 bits per heavy atom.